The Morgan fingerprint density at radius 3 is 1.31 bits per heavy atom. The predicted octanol–water partition coefficient (Wildman–Crippen LogP) is 8.06. The van der Waals surface area contributed by atoms with Crippen molar-refractivity contribution in [2.75, 3.05) is 0 Å². The highest BCUT2D eigenvalue weighted by molar-refractivity contribution is 9.11. The Labute approximate surface area is 256 Å². The molecular weight excluding hydrogens is 768 g/mol. The number of hydrogen-bond acceptors (Lipinski definition) is 8. The molecule has 0 amide bonds. The summed E-state index contributed by atoms with van der Waals surface area (Å²) in [6.07, 6.45) is 3.16. The van der Waals surface area contributed by atoms with Crippen LogP contribution >= 0.6 is 63.7 Å². The third-order valence-corrected chi connectivity index (χ3v) is 8.28. The molecule has 0 aliphatic rings. The molecule has 0 aliphatic heterocycles. The normalized spacial score (nSPS) is 11.6. The Kier molecular flexibility index (Phi) is 8.90. The second-order valence-electron chi connectivity index (χ2n) is 8.26. The van der Waals surface area contributed by atoms with Gasteiger partial charge in [0.2, 0.25) is 0 Å². The van der Waals surface area contributed by atoms with Gasteiger partial charge in [-0.15, -0.1) is 0 Å². The first-order valence-electron chi connectivity index (χ1n) is 11.0. The first kappa shape index (κ1) is 28.9. The third-order valence-electron chi connectivity index (χ3n) is 5.57. The lowest BCUT2D eigenvalue weighted by atomic mass is 10.0. The smallest absolute Gasteiger partial charge is 0.147 e. The molecule has 0 heterocycles. The number of phenolic OH excluding ortho intramolecular Hbond substituents is 6. The van der Waals surface area contributed by atoms with Crippen LogP contribution in [0, 0.1) is 0 Å². The minimum Gasteiger partial charge on any atom is -0.506 e. The maximum Gasteiger partial charge on any atom is 0.147 e. The van der Waals surface area contributed by atoms with E-state index in [-0.39, 0.29) is 54.8 Å². The van der Waals surface area contributed by atoms with Crippen LogP contribution in [0.4, 0.5) is 11.4 Å². The summed E-state index contributed by atoms with van der Waals surface area (Å²) in [5.74, 6) is -0.817. The summed E-state index contributed by atoms with van der Waals surface area (Å²) < 4.78 is 0.947. The van der Waals surface area contributed by atoms with Gasteiger partial charge in [-0.1, -0.05) is 12.1 Å². The van der Waals surface area contributed by atoms with Crippen LogP contribution in [-0.2, 0) is 6.42 Å². The van der Waals surface area contributed by atoms with E-state index in [1.807, 2.05) is 0 Å². The lowest BCUT2D eigenvalue weighted by Gasteiger charge is -2.08. The van der Waals surface area contributed by atoms with E-state index in [4.69, 9.17) is 0 Å². The highest BCUT2D eigenvalue weighted by atomic mass is 79.9. The minimum atomic E-state index is -0.201. The highest BCUT2D eigenvalue weighted by Crippen LogP contribution is 2.42. The van der Waals surface area contributed by atoms with Crippen LogP contribution in [0.3, 0.4) is 0 Å². The van der Waals surface area contributed by atoms with Gasteiger partial charge in [-0.2, -0.15) is 0 Å². The molecule has 0 aromatic heterocycles. The average molecular weight is 786 g/mol. The van der Waals surface area contributed by atoms with Crippen molar-refractivity contribution >= 4 is 87.5 Å². The Bertz CT molecular complexity index is 1540. The fourth-order valence-corrected chi connectivity index (χ4v) is 5.82. The molecule has 4 aromatic carbocycles. The molecule has 200 valence electrons. The van der Waals surface area contributed by atoms with Gasteiger partial charge >= 0.3 is 0 Å². The van der Waals surface area contributed by atoms with Gasteiger partial charge in [0.05, 0.1) is 8.95 Å². The summed E-state index contributed by atoms with van der Waals surface area (Å²) in [6.45, 7) is 0. The van der Waals surface area contributed by atoms with Crippen LogP contribution < -0.4 is 0 Å². The van der Waals surface area contributed by atoms with Crippen molar-refractivity contribution in [2.45, 2.75) is 6.42 Å². The zero-order valence-corrected chi connectivity index (χ0v) is 25.9. The third kappa shape index (κ3) is 6.40. The SMILES string of the molecule is Oc1ccc(Cc2ccc(O)c(N=Cc3cc(Br)c(O)c(Br)c3O)c2)cc1N=Cc1cc(Br)c(O)c(Br)c1O. The van der Waals surface area contributed by atoms with Gasteiger partial charge in [0.15, 0.2) is 0 Å². The molecule has 4 aromatic rings. The van der Waals surface area contributed by atoms with E-state index in [1.54, 1.807) is 24.3 Å². The van der Waals surface area contributed by atoms with E-state index in [0.29, 0.717) is 26.5 Å². The lowest BCUT2D eigenvalue weighted by molar-refractivity contribution is 0.440. The van der Waals surface area contributed by atoms with Crippen molar-refractivity contribution in [1.82, 2.24) is 0 Å². The summed E-state index contributed by atoms with van der Waals surface area (Å²) in [6, 6.07) is 12.8. The lowest BCUT2D eigenvalue weighted by Crippen LogP contribution is -1.90. The standard InChI is InChI=1S/C27H18Br4N2O6/c28-16-8-14(24(36)22(30)26(16)38)10-32-18-6-12(1-3-20(18)34)5-13-2-4-21(35)19(7-13)33-11-15-9-17(29)27(39)23(31)25(15)37/h1-4,6-11,34-39H,5H2. The first-order valence-corrected chi connectivity index (χ1v) is 14.1. The molecule has 0 atom stereocenters. The maximum atomic E-state index is 10.3. The molecule has 0 saturated heterocycles. The van der Waals surface area contributed by atoms with E-state index >= 15 is 0 Å². The monoisotopic (exact) mass is 782 g/mol. The largest absolute Gasteiger partial charge is 0.506 e. The second kappa shape index (κ2) is 12.0. The summed E-state index contributed by atoms with van der Waals surface area (Å²) in [5.41, 5.74) is 2.78. The van der Waals surface area contributed by atoms with Gasteiger partial charge in [0.25, 0.3) is 0 Å². The molecule has 4 rings (SSSR count). The molecule has 0 fully saturated rings. The molecule has 12 heteroatoms. The van der Waals surface area contributed by atoms with Crippen LogP contribution in [0.5, 0.6) is 34.5 Å². The first-order chi connectivity index (χ1) is 18.5. The van der Waals surface area contributed by atoms with Crippen molar-refractivity contribution in [3.63, 3.8) is 0 Å². The van der Waals surface area contributed by atoms with Gasteiger partial charge in [0.1, 0.15) is 54.8 Å². The number of benzene rings is 4. The minimum absolute atomic E-state index is 0.0616. The Morgan fingerprint density at radius 2 is 0.923 bits per heavy atom. The molecule has 0 spiro atoms. The number of halogens is 4. The average Bonchev–Trinajstić information content (AvgIpc) is 2.91. The van der Waals surface area contributed by atoms with Crippen molar-refractivity contribution in [2.24, 2.45) is 9.98 Å². The molecule has 6 N–H and O–H groups in total. The fraction of sp³-hybridized carbons (Fsp3) is 0.0370. The van der Waals surface area contributed by atoms with Crippen LogP contribution in [-0.4, -0.2) is 43.1 Å². The van der Waals surface area contributed by atoms with Crippen LogP contribution in [0.1, 0.15) is 22.3 Å². The number of hydrogen-bond donors (Lipinski definition) is 6. The predicted molar refractivity (Wildman–Crippen MR) is 164 cm³/mol. The van der Waals surface area contributed by atoms with Crippen molar-refractivity contribution in [1.29, 1.82) is 0 Å². The fourth-order valence-electron chi connectivity index (χ4n) is 3.51. The quantitative estimate of drug-likeness (QED) is 0.109. The van der Waals surface area contributed by atoms with Crippen molar-refractivity contribution in [3.05, 3.63) is 88.7 Å². The van der Waals surface area contributed by atoms with Gasteiger partial charge in [-0.3, -0.25) is 9.98 Å². The molecule has 8 nitrogen and oxygen atoms in total. The van der Waals surface area contributed by atoms with E-state index < -0.39 is 0 Å². The summed E-state index contributed by atoms with van der Waals surface area (Å²) in [5, 5.41) is 61.0. The van der Waals surface area contributed by atoms with Crippen LogP contribution in [0.15, 0.2) is 76.4 Å². The van der Waals surface area contributed by atoms with E-state index in [2.05, 4.69) is 73.7 Å². The zero-order chi connectivity index (χ0) is 28.4. The second-order valence-corrected chi connectivity index (χ2v) is 11.6. The number of phenols is 6. The molecule has 0 unspecified atom stereocenters. The van der Waals surface area contributed by atoms with Gasteiger partial charge in [-0.05, 0) is 118 Å². The number of aromatic hydroxyl groups is 6. The number of aliphatic imine (C=N–C) groups is 2. The zero-order valence-electron chi connectivity index (χ0n) is 19.6. The van der Waals surface area contributed by atoms with Crippen LogP contribution in [0.2, 0.25) is 0 Å². The molecular formula is C27H18Br4N2O6. The number of rotatable bonds is 6. The summed E-state index contributed by atoms with van der Waals surface area (Å²) >= 11 is 12.7. The Hall–Kier alpha value is -3.06. The topological polar surface area (TPSA) is 146 Å². The molecule has 0 radical (unpaired) electrons. The Morgan fingerprint density at radius 1 is 0.538 bits per heavy atom. The van der Waals surface area contributed by atoms with Gasteiger partial charge in [-0.25, -0.2) is 0 Å². The van der Waals surface area contributed by atoms with E-state index in [1.165, 1.54) is 36.7 Å². The number of nitrogens with zero attached hydrogens (tertiary/aromatic N) is 2. The summed E-state index contributed by atoms with van der Waals surface area (Å²) in [4.78, 5) is 8.61. The molecule has 0 saturated carbocycles. The molecule has 39 heavy (non-hydrogen) atoms. The van der Waals surface area contributed by atoms with E-state index in [9.17, 15) is 30.6 Å². The van der Waals surface area contributed by atoms with E-state index in [0.717, 1.165) is 11.1 Å². The van der Waals surface area contributed by atoms with Crippen LogP contribution in [0.25, 0.3) is 0 Å². The van der Waals surface area contributed by atoms with Gasteiger partial charge in [0, 0.05) is 23.6 Å². The molecule has 0 bridgehead atoms. The van der Waals surface area contributed by atoms with Crippen molar-refractivity contribution in [3.8, 4) is 34.5 Å². The maximum absolute atomic E-state index is 10.3. The van der Waals surface area contributed by atoms with Crippen molar-refractivity contribution < 1.29 is 30.6 Å². The Balaban J connectivity index is 1.59. The molecule has 0 aliphatic carbocycles. The summed E-state index contributed by atoms with van der Waals surface area (Å²) in [7, 11) is 0. The van der Waals surface area contributed by atoms with Gasteiger partial charge < -0.3 is 30.6 Å². The highest BCUT2D eigenvalue weighted by Gasteiger charge is 2.14.